The second-order valence-corrected chi connectivity index (χ2v) is 7.32. The van der Waals surface area contributed by atoms with Gasteiger partial charge in [0.2, 0.25) is 0 Å². The van der Waals surface area contributed by atoms with Crippen LogP contribution in [0.1, 0.15) is 0 Å². The lowest BCUT2D eigenvalue weighted by Gasteiger charge is -2.14. The van der Waals surface area contributed by atoms with Crippen molar-refractivity contribution in [3.8, 4) is 17.2 Å². The third kappa shape index (κ3) is 8.18. The SMILES string of the molecule is NP(=O)(O)Oc1cc(OP(N)(=O)O)cc(OP(=O)(O)O)c1. The maximum atomic E-state index is 10.9. The molecule has 15 heteroatoms. The molecule has 1 aromatic carbocycles. The molecule has 8 N–H and O–H groups in total. The van der Waals surface area contributed by atoms with Crippen molar-refractivity contribution < 1.29 is 46.8 Å². The van der Waals surface area contributed by atoms with Gasteiger partial charge in [-0.05, 0) is 0 Å². The van der Waals surface area contributed by atoms with E-state index in [2.05, 4.69) is 13.6 Å². The monoisotopic (exact) mass is 364 g/mol. The molecule has 12 nitrogen and oxygen atoms in total. The summed E-state index contributed by atoms with van der Waals surface area (Å²) in [5.74, 6) is -1.62. The maximum Gasteiger partial charge on any atom is 0.524 e. The summed E-state index contributed by atoms with van der Waals surface area (Å²) in [6, 6.07) is 2.42. The molecule has 0 aliphatic rings. The van der Waals surface area contributed by atoms with Gasteiger partial charge in [-0.3, -0.25) is 9.79 Å². The van der Waals surface area contributed by atoms with Crippen LogP contribution >= 0.6 is 23.3 Å². The van der Waals surface area contributed by atoms with Crippen molar-refractivity contribution in [1.82, 2.24) is 0 Å². The largest absolute Gasteiger partial charge is 0.524 e. The molecule has 2 unspecified atom stereocenters. The molecule has 0 heterocycles. The van der Waals surface area contributed by atoms with Crippen molar-refractivity contribution >= 4 is 23.3 Å². The molecule has 0 fully saturated rings. The van der Waals surface area contributed by atoms with Gasteiger partial charge in [0, 0.05) is 18.2 Å². The highest BCUT2D eigenvalue weighted by atomic mass is 31.2. The average molecular weight is 364 g/mol. The van der Waals surface area contributed by atoms with E-state index in [0.717, 1.165) is 18.2 Å². The maximum absolute atomic E-state index is 10.9. The summed E-state index contributed by atoms with van der Waals surface area (Å²) in [6.45, 7) is 0. The van der Waals surface area contributed by atoms with Gasteiger partial charge in [-0.15, -0.1) is 0 Å². The van der Waals surface area contributed by atoms with Crippen LogP contribution in [-0.2, 0) is 13.7 Å². The number of phosphoric ester groups is 1. The Bertz CT molecular complexity index is 556. The van der Waals surface area contributed by atoms with E-state index >= 15 is 0 Å². The fourth-order valence-electron chi connectivity index (χ4n) is 1.14. The summed E-state index contributed by atoms with van der Waals surface area (Å²) >= 11 is 0. The van der Waals surface area contributed by atoms with E-state index in [-0.39, 0.29) is 0 Å². The smallest absolute Gasteiger partial charge is 0.413 e. The number of hydrogen-bond acceptors (Lipinski definition) is 6. The molecule has 0 bridgehead atoms. The van der Waals surface area contributed by atoms with Crippen LogP contribution in [0.5, 0.6) is 17.2 Å². The number of rotatable bonds is 6. The molecule has 2 atom stereocenters. The van der Waals surface area contributed by atoms with E-state index in [1.54, 1.807) is 0 Å². The molecule has 0 aliphatic heterocycles. The van der Waals surface area contributed by atoms with E-state index < -0.39 is 40.6 Å². The minimum atomic E-state index is -4.97. The molecule has 1 rings (SSSR count). The van der Waals surface area contributed by atoms with Crippen LogP contribution in [0.25, 0.3) is 0 Å². The van der Waals surface area contributed by atoms with Crippen LogP contribution in [0.4, 0.5) is 0 Å². The first-order valence-corrected chi connectivity index (χ1v) is 9.58. The number of nitrogens with two attached hydrogens (primary N) is 2. The van der Waals surface area contributed by atoms with Crippen molar-refractivity contribution in [3.05, 3.63) is 18.2 Å². The zero-order valence-corrected chi connectivity index (χ0v) is 12.7. The van der Waals surface area contributed by atoms with Crippen molar-refractivity contribution in [2.75, 3.05) is 0 Å². The first kappa shape index (κ1) is 18.1. The van der Waals surface area contributed by atoms with Gasteiger partial charge in [-0.2, -0.15) is 0 Å². The fourth-order valence-corrected chi connectivity index (χ4v) is 2.34. The highest BCUT2D eigenvalue weighted by Gasteiger charge is 2.22. The van der Waals surface area contributed by atoms with E-state index in [0.29, 0.717) is 0 Å². The third-order valence-corrected chi connectivity index (χ3v) is 2.94. The van der Waals surface area contributed by atoms with Gasteiger partial charge in [0.15, 0.2) is 0 Å². The van der Waals surface area contributed by atoms with Gasteiger partial charge in [-0.1, -0.05) is 0 Å². The predicted molar refractivity (Wildman–Crippen MR) is 68.4 cm³/mol. The van der Waals surface area contributed by atoms with Gasteiger partial charge in [0.25, 0.3) is 0 Å². The molecule has 0 amide bonds. The quantitative estimate of drug-likeness (QED) is 0.369. The Hall–Kier alpha value is -0.930. The van der Waals surface area contributed by atoms with Crippen LogP contribution in [0.3, 0.4) is 0 Å². The van der Waals surface area contributed by atoms with E-state index in [4.69, 9.17) is 30.6 Å². The Balaban J connectivity index is 3.22. The first-order chi connectivity index (χ1) is 9.23. The minimum Gasteiger partial charge on any atom is -0.413 e. The summed E-state index contributed by atoms with van der Waals surface area (Å²) in [5, 5.41) is 0. The molecule has 0 radical (unpaired) electrons. The predicted octanol–water partition coefficient (Wildman–Crippen LogP) is 0.0339. The van der Waals surface area contributed by atoms with Crippen LogP contribution < -0.4 is 24.6 Å². The summed E-state index contributed by atoms with van der Waals surface area (Å²) in [4.78, 5) is 35.1. The summed E-state index contributed by atoms with van der Waals surface area (Å²) in [7, 11) is -14.0. The Morgan fingerprint density at radius 3 is 1.24 bits per heavy atom. The first-order valence-electron chi connectivity index (χ1n) is 4.76. The molecule has 1 aromatic rings. The summed E-state index contributed by atoms with van der Waals surface area (Å²) < 4.78 is 45.5. The molecular formula is C6H11N2O10P3. The average Bonchev–Trinajstić information content (AvgIpc) is 2.06. The topological polar surface area (TPSA) is 212 Å². The van der Waals surface area contributed by atoms with Gasteiger partial charge >= 0.3 is 23.3 Å². The van der Waals surface area contributed by atoms with Gasteiger partial charge in [0.1, 0.15) is 17.2 Å². The lowest BCUT2D eigenvalue weighted by Crippen LogP contribution is -2.03. The summed E-state index contributed by atoms with van der Waals surface area (Å²) in [5.41, 5.74) is 9.49. The van der Waals surface area contributed by atoms with Crippen LogP contribution in [-0.4, -0.2) is 19.6 Å². The van der Waals surface area contributed by atoms with E-state index in [1.165, 1.54) is 0 Å². The molecule has 0 spiro atoms. The Morgan fingerprint density at radius 1 is 0.714 bits per heavy atom. The second-order valence-electron chi connectivity index (χ2n) is 3.53. The van der Waals surface area contributed by atoms with E-state index in [1.807, 2.05) is 0 Å². The van der Waals surface area contributed by atoms with Crippen LogP contribution in [0.2, 0.25) is 0 Å². The van der Waals surface area contributed by atoms with Crippen LogP contribution in [0.15, 0.2) is 18.2 Å². The van der Waals surface area contributed by atoms with Crippen molar-refractivity contribution in [2.24, 2.45) is 11.0 Å². The molecule has 0 saturated heterocycles. The molecular weight excluding hydrogens is 353 g/mol. The Kier molecular flexibility index (Phi) is 5.22. The zero-order chi connectivity index (χ0) is 16.5. The molecule has 0 saturated carbocycles. The Morgan fingerprint density at radius 2 is 1.00 bits per heavy atom. The number of phosphoric acid groups is 1. The highest BCUT2D eigenvalue weighted by Crippen LogP contribution is 2.45. The van der Waals surface area contributed by atoms with Gasteiger partial charge in [0.05, 0.1) is 0 Å². The highest BCUT2D eigenvalue weighted by molar-refractivity contribution is 7.50. The zero-order valence-electron chi connectivity index (χ0n) is 9.97. The van der Waals surface area contributed by atoms with Crippen LogP contribution in [0, 0.1) is 0 Å². The van der Waals surface area contributed by atoms with Gasteiger partial charge in [-0.25, -0.2) is 24.7 Å². The van der Waals surface area contributed by atoms with Gasteiger partial charge < -0.3 is 23.4 Å². The minimum absolute atomic E-state index is 0.516. The van der Waals surface area contributed by atoms with Crippen molar-refractivity contribution in [3.63, 3.8) is 0 Å². The lowest BCUT2D eigenvalue weighted by molar-refractivity contribution is 0.283. The second kappa shape index (κ2) is 6.05. The number of benzene rings is 1. The third-order valence-electron chi connectivity index (χ3n) is 1.55. The number of hydrogen-bond donors (Lipinski definition) is 6. The Labute approximate surface area is 117 Å². The standard InChI is InChI=1S/C6H11N2O10P3/c7-19(9,10)16-4-1-5(17-20(8,11)12)3-6(2-4)18-21(13,14)15/h1-3H,(H3,7,9,10)(H3,8,11,12)(H2,13,14,15). The normalized spacial score (nSPS) is 17.4. The molecule has 21 heavy (non-hydrogen) atoms. The molecule has 120 valence electrons. The van der Waals surface area contributed by atoms with Crippen molar-refractivity contribution in [1.29, 1.82) is 0 Å². The van der Waals surface area contributed by atoms with E-state index in [9.17, 15) is 13.7 Å². The van der Waals surface area contributed by atoms with Crippen molar-refractivity contribution in [2.45, 2.75) is 0 Å². The fraction of sp³-hybridized carbons (Fsp3) is 0. The molecule has 0 aliphatic carbocycles. The lowest BCUT2D eigenvalue weighted by atomic mass is 10.3. The molecule has 0 aromatic heterocycles. The summed E-state index contributed by atoms with van der Waals surface area (Å²) in [6.07, 6.45) is 0.